The Morgan fingerprint density at radius 3 is 3.00 bits per heavy atom. The molecule has 0 fully saturated rings. The Bertz CT molecular complexity index is 523. The third-order valence-corrected chi connectivity index (χ3v) is 4.95. The third kappa shape index (κ3) is 2.65. The lowest BCUT2D eigenvalue weighted by atomic mass is 10.1. The van der Waals surface area contributed by atoms with Crippen LogP contribution in [0.3, 0.4) is 0 Å². The van der Waals surface area contributed by atoms with E-state index in [0.29, 0.717) is 12.0 Å². The largest absolute Gasteiger partial charge is 0.454 e. The molecule has 1 aromatic carbocycles. The van der Waals surface area contributed by atoms with Crippen LogP contribution >= 0.6 is 23.1 Å². The quantitative estimate of drug-likeness (QED) is 0.781. The van der Waals surface area contributed by atoms with Gasteiger partial charge in [-0.3, -0.25) is 0 Å². The average molecular weight is 278 g/mol. The molecule has 3 rings (SSSR count). The summed E-state index contributed by atoms with van der Waals surface area (Å²) >= 11 is 3.72. The standard InChI is InChI=1S/C14H14O2S2/c1-10(18-14-3-2-6-17-14)7-11-4-5-12-13(8-11)16-9-15-12/h2-6,8,10H,7,9H2,1H3/t10-/m0/s1. The lowest BCUT2D eigenvalue weighted by Crippen LogP contribution is -2.00. The van der Waals surface area contributed by atoms with Crippen LogP contribution in [-0.4, -0.2) is 12.0 Å². The highest BCUT2D eigenvalue weighted by molar-refractivity contribution is 8.01. The van der Waals surface area contributed by atoms with E-state index in [2.05, 4.69) is 36.6 Å². The van der Waals surface area contributed by atoms with E-state index in [0.717, 1.165) is 17.9 Å². The summed E-state index contributed by atoms with van der Waals surface area (Å²) in [6.07, 6.45) is 1.04. The Morgan fingerprint density at radius 2 is 2.17 bits per heavy atom. The molecular weight excluding hydrogens is 264 g/mol. The highest BCUT2D eigenvalue weighted by Gasteiger charge is 2.14. The van der Waals surface area contributed by atoms with Crippen LogP contribution in [-0.2, 0) is 6.42 Å². The number of hydrogen-bond donors (Lipinski definition) is 0. The molecule has 1 aliphatic heterocycles. The molecule has 2 aromatic rings. The fourth-order valence-electron chi connectivity index (χ4n) is 1.97. The maximum atomic E-state index is 5.40. The first-order chi connectivity index (χ1) is 8.81. The zero-order valence-electron chi connectivity index (χ0n) is 10.1. The Hall–Kier alpha value is -1.13. The van der Waals surface area contributed by atoms with Gasteiger partial charge in [0.15, 0.2) is 11.5 Å². The van der Waals surface area contributed by atoms with E-state index < -0.39 is 0 Å². The highest BCUT2D eigenvalue weighted by atomic mass is 32.2. The van der Waals surface area contributed by atoms with Crippen LogP contribution in [0.1, 0.15) is 12.5 Å². The van der Waals surface area contributed by atoms with E-state index in [1.54, 1.807) is 11.3 Å². The number of thioether (sulfide) groups is 1. The predicted octanol–water partition coefficient (Wildman–Crippen LogP) is 4.20. The molecule has 2 heterocycles. The summed E-state index contributed by atoms with van der Waals surface area (Å²) in [4.78, 5) is 0. The molecule has 0 amide bonds. The van der Waals surface area contributed by atoms with Gasteiger partial charge in [-0.05, 0) is 35.6 Å². The summed E-state index contributed by atoms with van der Waals surface area (Å²) in [6.45, 7) is 2.60. The number of hydrogen-bond acceptors (Lipinski definition) is 4. The van der Waals surface area contributed by atoms with Gasteiger partial charge in [0.1, 0.15) is 0 Å². The second-order valence-electron chi connectivity index (χ2n) is 4.25. The minimum Gasteiger partial charge on any atom is -0.454 e. The van der Waals surface area contributed by atoms with Crippen molar-refractivity contribution in [2.24, 2.45) is 0 Å². The topological polar surface area (TPSA) is 18.5 Å². The molecule has 4 heteroatoms. The van der Waals surface area contributed by atoms with Crippen LogP contribution in [0.25, 0.3) is 0 Å². The molecule has 18 heavy (non-hydrogen) atoms. The zero-order chi connectivity index (χ0) is 12.4. The van der Waals surface area contributed by atoms with Crippen molar-refractivity contribution >= 4 is 23.1 Å². The summed E-state index contributed by atoms with van der Waals surface area (Å²) in [5.41, 5.74) is 1.30. The maximum absolute atomic E-state index is 5.40. The monoisotopic (exact) mass is 278 g/mol. The van der Waals surface area contributed by atoms with Crippen LogP contribution < -0.4 is 9.47 Å². The molecule has 0 unspecified atom stereocenters. The molecule has 0 saturated carbocycles. The Balaban J connectivity index is 1.65. The lowest BCUT2D eigenvalue weighted by Gasteiger charge is -2.10. The van der Waals surface area contributed by atoms with Gasteiger partial charge in [-0.25, -0.2) is 0 Å². The van der Waals surface area contributed by atoms with Crippen molar-refractivity contribution in [2.45, 2.75) is 22.8 Å². The second-order valence-corrected chi connectivity index (χ2v) is 6.94. The van der Waals surface area contributed by atoms with Gasteiger partial charge in [-0.2, -0.15) is 0 Å². The van der Waals surface area contributed by atoms with Gasteiger partial charge in [0.25, 0.3) is 0 Å². The van der Waals surface area contributed by atoms with E-state index in [9.17, 15) is 0 Å². The van der Waals surface area contributed by atoms with E-state index in [4.69, 9.17) is 9.47 Å². The maximum Gasteiger partial charge on any atom is 0.231 e. The molecule has 0 bridgehead atoms. The van der Waals surface area contributed by atoms with Crippen molar-refractivity contribution in [1.82, 2.24) is 0 Å². The van der Waals surface area contributed by atoms with Gasteiger partial charge in [-0.1, -0.05) is 19.1 Å². The van der Waals surface area contributed by atoms with Gasteiger partial charge in [0.2, 0.25) is 6.79 Å². The van der Waals surface area contributed by atoms with E-state index in [1.807, 2.05) is 17.8 Å². The second kappa shape index (κ2) is 5.24. The van der Waals surface area contributed by atoms with Crippen LogP contribution in [0.2, 0.25) is 0 Å². The van der Waals surface area contributed by atoms with Gasteiger partial charge in [0, 0.05) is 5.25 Å². The molecule has 1 aliphatic rings. The molecular formula is C14H14O2S2. The van der Waals surface area contributed by atoms with Gasteiger partial charge < -0.3 is 9.47 Å². The third-order valence-electron chi connectivity index (χ3n) is 2.77. The molecule has 1 aromatic heterocycles. The van der Waals surface area contributed by atoms with Crippen molar-refractivity contribution in [2.75, 3.05) is 6.79 Å². The number of thiophene rings is 1. The zero-order valence-corrected chi connectivity index (χ0v) is 11.7. The van der Waals surface area contributed by atoms with Gasteiger partial charge >= 0.3 is 0 Å². The fourth-order valence-corrected chi connectivity index (χ4v) is 4.13. The number of ether oxygens (including phenoxy) is 2. The average Bonchev–Trinajstić information content (AvgIpc) is 2.98. The predicted molar refractivity (Wildman–Crippen MR) is 75.9 cm³/mol. The van der Waals surface area contributed by atoms with E-state index >= 15 is 0 Å². The number of rotatable bonds is 4. The van der Waals surface area contributed by atoms with Crippen LogP contribution in [0.4, 0.5) is 0 Å². The molecule has 0 aliphatic carbocycles. The molecule has 0 N–H and O–H groups in total. The summed E-state index contributed by atoms with van der Waals surface area (Å²) in [7, 11) is 0. The fraction of sp³-hybridized carbons (Fsp3) is 0.286. The van der Waals surface area contributed by atoms with Crippen LogP contribution in [0.5, 0.6) is 11.5 Å². The summed E-state index contributed by atoms with van der Waals surface area (Å²) in [5.74, 6) is 1.73. The van der Waals surface area contributed by atoms with Crippen molar-refractivity contribution in [3.8, 4) is 11.5 Å². The van der Waals surface area contributed by atoms with Crippen LogP contribution in [0, 0.1) is 0 Å². The Morgan fingerprint density at radius 1 is 1.28 bits per heavy atom. The van der Waals surface area contributed by atoms with Crippen LogP contribution in [0.15, 0.2) is 39.9 Å². The summed E-state index contributed by atoms with van der Waals surface area (Å²) in [5, 5.41) is 2.68. The molecule has 94 valence electrons. The molecule has 2 nitrogen and oxygen atoms in total. The molecule has 0 saturated heterocycles. The minimum atomic E-state index is 0.346. The molecule has 0 spiro atoms. The van der Waals surface area contributed by atoms with Crippen molar-refractivity contribution in [1.29, 1.82) is 0 Å². The van der Waals surface area contributed by atoms with E-state index in [1.165, 1.54) is 9.77 Å². The lowest BCUT2D eigenvalue weighted by molar-refractivity contribution is 0.174. The van der Waals surface area contributed by atoms with Crippen molar-refractivity contribution in [3.63, 3.8) is 0 Å². The Kier molecular flexibility index (Phi) is 3.48. The summed E-state index contributed by atoms with van der Waals surface area (Å²) < 4.78 is 12.1. The van der Waals surface area contributed by atoms with E-state index in [-0.39, 0.29) is 0 Å². The number of benzene rings is 1. The molecule has 0 radical (unpaired) electrons. The Labute approximate surface area is 115 Å². The summed E-state index contributed by atoms with van der Waals surface area (Å²) in [6, 6.07) is 10.5. The van der Waals surface area contributed by atoms with Crippen molar-refractivity contribution in [3.05, 3.63) is 41.3 Å². The molecule has 1 atom stereocenters. The first-order valence-electron chi connectivity index (χ1n) is 5.90. The minimum absolute atomic E-state index is 0.346. The highest BCUT2D eigenvalue weighted by Crippen LogP contribution is 2.34. The SMILES string of the molecule is C[C@@H](Cc1ccc2c(c1)OCO2)Sc1cccs1. The van der Waals surface area contributed by atoms with Gasteiger partial charge in [0.05, 0.1) is 4.21 Å². The van der Waals surface area contributed by atoms with Crippen molar-refractivity contribution < 1.29 is 9.47 Å². The number of fused-ring (bicyclic) bond motifs is 1. The smallest absolute Gasteiger partial charge is 0.231 e. The van der Waals surface area contributed by atoms with Gasteiger partial charge in [-0.15, -0.1) is 23.1 Å². The normalized spacial score (nSPS) is 14.7. The first-order valence-corrected chi connectivity index (χ1v) is 7.66. The first kappa shape index (κ1) is 11.9.